The zero-order valence-corrected chi connectivity index (χ0v) is 13.6. The van der Waals surface area contributed by atoms with Gasteiger partial charge in [-0.1, -0.05) is 19.1 Å². The SMILES string of the molecule is CC[C@@H]1Sc2ccccc2N(CC(=O)NCc2ccco2)C1=O. The summed E-state index contributed by atoms with van der Waals surface area (Å²) >= 11 is 1.57. The molecule has 2 aromatic rings. The highest BCUT2D eigenvalue weighted by Gasteiger charge is 2.33. The van der Waals surface area contributed by atoms with Gasteiger partial charge >= 0.3 is 0 Å². The number of carbonyl (C=O) groups is 2. The van der Waals surface area contributed by atoms with Gasteiger partial charge in [-0.15, -0.1) is 11.8 Å². The predicted octanol–water partition coefficient (Wildman–Crippen LogP) is 2.81. The van der Waals surface area contributed by atoms with Crippen LogP contribution < -0.4 is 10.2 Å². The monoisotopic (exact) mass is 330 g/mol. The number of hydrogen-bond donors (Lipinski definition) is 1. The van der Waals surface area contributed by atoms with E-state index in [-0.39, 0.29) is 23.6 Å². The maximum atomic E-state index is 12.6. The fraction of sp³-hybridized carbons (Fsp3) is 0.294. The third-order valence-corrected chi connectivity index (χ3v) is 5.10. The van der Waals surface area contributed by atoms with Crippen LogP contribution in [0.5, 0.6) is 0 Å². The molecule has 2 amide bonds. The molecule has 0 bridgehead atoms. The molecule has 0 aliphatic carbocycles. The first-order chi connectivity index (χ1) is 11.2. The van der Waals surface area contributed by atoms with E-state index in [9.17, 15) is 9.59 Å². The third-order valence-electron chi connectivity index (χ3n) is 3.68. The van der Waals surface area contributed by atoms with E-state index in [1.165, 1.54) is 0 Å². The summed E-state index contributed by atoms with van der Waals surface area (Å²) in [5.41, 5.74) is 0.806. The van der Waals surface area contributed by atoms with Crippen molar-refractivity contribution in [3.05, 3.63) is 48.4 Å². The van der Waals surface area contributed by atoms with E-state index in [4.69, 9.17) is 4.42 Å². The van der Waals surface area contributed by atoms with Crippen molar-refractivity contribution in [3.8, 4) is 0 Å². The summed E-state index contributed by atoms with van der Waals surface area (Å²) in [4.78, 5) is 27.4. The molecule has 1 aromatic heterocycles. The molecule has 1 N–H and O–H groups in total. The van der Waals surface area contributed by atoms with Crippen molar-refractivity contribution in [1.29, 1.82) is 0 Å². The van der Waals surface area contributed by atoms with Crippen molar-refractivity contribution in [2.75, 3.05) is 11.4 Å². The minimum atomic E-state index is -0.202. The molecule has 1 aliphatic heterocycles. The number of para-hydroxylation sites is 1. The Bertz CT molecular complexity index is 700. The molecule has 5 nitrogen and oxygen atoms in total. The number of rotatable bonds is 5. The Hall–Kier alpha value is -2.21. The predicted molar refractivity (Wildman–Crippen MR) is 89.3 cm³/mol. The van der Waals surface area contributed by atoms with E-state index in [0.717, 1.165) is 17.0 Å². The van der Waals surface area contributed by atoms with Crippen molar-refractivity contribution in [3.63, 3.8) is 0 Å². The Kier molecular flexibility index (Phi) is 4.71. The molecular formula is C17H18N2O3S. The number of amides is 2. The van der Waals surface area contributed by atoms with Crippen LogP contribution in [0.2, 0.25) is 0 Å². The summed E-state index contributed by atoms with van der Waals surface area (Å²) in [6.07, 6.45) is 2.30. The van der Waals surface area contributed by atoms with Crippen molar-refractivity contribution < 1.29 is 14.0 Å². The molecule has 1 aromatic carbocycles. The fourth-order valence-corrected chi connectivity index (χ4v) is 3.65. The molecule has 6 heteroatoms. The van der Waals surface area contributed by atoms with Crippen LogP contribution in [0.3, 0.4) is 0 Å². The van der Waals surface area contributed by atoms with Crippen LogP contribution in [0.25, 0.3) is 0 Å². The summed E-state index contributed by atoms with van der Waals surface area (Å²) in [5.74, 6) is 0.473. The molecular weight excluding hydrogens is 312 g/mol. The highest BCUT2D eigenvalue weighted by atomic mass is 32.2. The van der Waals surface area contributed by atoms with Gasteiger partial charge in [0.2, 0.25) is 11.8 Å². The lowest BCUT2D eigenvalue weighted by Crippen LogP contribution is -2.46. The minimum Gasteiger partial charge on any atom is -0.467 e. The maximum Gasteiger partial charge on any atom is 0.240 e. The van der Waals surface area contributed by atoms with E-state index >= 15 is 0 Å². The van der Waals surface area contributed by atoms with Crippen molar-refractivity contribution >= 4 is 29.3 Å². The van der Waals surface area contributed by atoms with Crippen molar-refractivity contribution in [2.24, 2.45) is 0 Å². The van der Waals surface area contributed by atoms with E-state index in [0.29, 0.717) is 12.3 Å². The highest BCUT2D eigenvalue weighted by molar-refractivity contribution is 8.01. The summed E-state index contributed by atoms with van der Waals surface area (Å²) < 4.78 is 5.19. The number of hydrogen-bond acceptors (Lipinski definition) is 4. The summed E-state index contributed by atoms with van der Waals surface area (Å²) in [5, 5.41) is 2.65. The lowest BCUT2D eigenvalue weighted by atomic mass is 10.2. The Morgan fingerprint density at radius 3 is 2.87 bits per heavy atom. The van der Waals surface area contributed by atoms with Crippen molar-refractivity contribution in [1.82, 2.24) is 5.32 Å². The first kappa shape index (κ1) is 15.7. The van der Waals surface area contributed by atoms with Crippen LogP contribution in [-0.2, 0) is 16.1 Å². The molecule has 1 aliphatic rings. The second kappa shape index (κ2) is 6.91. The van der Waals surface area contributed by atoms with Gasteiger partial charge in [-0.05, 0) is 30.7 Å². The Morgan fingerprint density at radius 1 is 1.30 bits per heavy atom. The number of fused-ring (bicyclic) bond motifs is 1. The molecule has 0 radical (unpaired) electrons. The third kappa shape index (κ3) is 3.42. The standard InChI is InChI=1S/C17H18N2O3S/c1-2-14-17(21)19(13-7-3-4-8-15(13)23-14)11-16(20)18-10-12-6-5-9-22-12/h3-9,14H,2,10-11H2,1H3,(H,18,20)/t14-/m0/s1. The van der Waals surface area contributed by atoms with E-state index < -0.39 is 0 Å². The van der Waals surface area contributed by atoms with E-state index in [2.05, 4.69) is 5.32 Å². The maximum absolute atomic E-state index is 12.6. The number of anilines is 1. The first-order valence-electron chi connectivity index (χ1n) is 7.55. The molecule has 23 heavy (non-hydrogen) atoms. The number of nitrogens with one attached hydrogen (secondary N) is 1. The van der Waals surface area contributed by atoms with E-state index in [1.54, 1.807) is 35.1 Å². The topological polar surface area (TPSA) is 62.6 Å². The van der Waals surface area contributed by atoms with Crippen LogP contribution >= 0.6 is 11.8 Å². The smallest absolute Gasteiger partial charge is 0.240 e. The summed E-state index contributed by atoms with van der Waals surface area (Å²) in [6, 6.07) is 11.3. The van der Waals surface area contributed by atoms with Gasteiger partial charge in [0, 0.05) is 4.90 Å². The second-order valence-corrected chi connectivity index (χ2v) is 6.51. The quantitative estimate of drug-likeness (QED) is 0.916. The van der Waals surface area contributed by atoms with Gasteiger partial charge in [-0.25, -0.2) is 0 Å². The average molecular weight is 330 g/mol. The molecule has 0 saturated heterocycles. The van der Waals surface area contributed by atoms with Crippen LogP contribution in [0.15, 0.2) is 52.0 Å². The van der Waals surface area contributed by atoms with Gasteiger partial charge in [0.05, 0.1) is 23.7 Å². The normalized spacial score (nSPS) is 17.0. The van der Waals surface area contributed by atoms with Crippen molar-refractivity contribution in [2.45, 2.75) is 30.0 Å². The van der Waals surface area contributed by atoms with Gasteiger partial charge < -0.3 is 14.6 Å². The number of carbonyl (C=O) groups excluding carboxylic acids is 2. The lowest BCUT2D eigenvalue weighted by Gasteiger charge is -2.32. The zero-order chi connectivity index (χ0) is 16.2. The van der Waals surface area contributed by atoms with E-state index in [1.807, 2.05) is 31.2 Å². The molecule has 0 saturated carbocycles. The van der Waals surface area contributed by atoms with Gasteiger partial charge in [0.15, 0.2) is 0 Å². The largest absolute Gasteiger partial charge is 0.467 e. The number of nitrogens with zero attached hydrogens (tertiary/aromatic N) is 1. The van der Waals surface area contributed by atoms with Crippen LogP contribution in [0.4, 0.5) is 5.69 Å². The molecule has 120 valence electrons. The molecule has 0 spiro atoms. The second-order valence-electron chi connectivity index (χ2n) is 5.26. The van der Waals surface area contributed by atoms with Gasteiger partial charge in [0.1, 0.15) is 12.3 Å². The van der Waals surface area contributed by atoms with Gasteiger partial charge in [0.25, 0.3) is 0 Å². The Balaban J connectivity index is 1.72. The van der Waals surface area contributed by atoms with Crippen LogP contribution in [0, 0.1) is 0 Å². The summed E-state index contributed by atoms with van der Waals surface area (Å²) in [6.45, 7) is 2.33. The number of furan rings is 1. The fourth-order valence-electron chi connectivity index (χ4n) is 2.50. The number of thioether (sulfide) groups is 1. The average Bonchev–Trinajstić information content (AvgIpc) is 3.09. The molecule has 0 fully saturated rings. The molecule has 3 rings (SSSR count). The van der Waals surface area contributed by atoms with Gasteiger partial charge in [-0.2, -0.15) is 0 Å². The first-order valence-corrected chi connectivity index (χ1v) is 8.43. The van der Waals surface area contributed by atoms with Crippen LogP contribution in [0.1, 0.15) is 19.1 Å². The zero-order valence-electron chi connectivity index (χ0n) is 12.8. The van der Waals surface area contributed by atoms with Crippen LogP contribution in [-0.4, -0.2) is 23.6 Å². The lowest BCUT2D eigenvalue weighted by molar-refractivity contribution is -0.123. The van der Waals surface area contributed by atoms with Gasteiger partial charge in [-0.3, -0.25) is 9.59 Å². The molecule has 1 atom stereocenters. The minimum absolute atomic E-state index is 0.00986. The Labute approximate surface area is 139 Å². The molecule has 0 unspecified atom stereocenters. The molecule has 2 heterocycles. The number of benzene rings is 1. The Morgan fingerprint density at radius 2 is 2.13 bits per heavy atom. The highest BCUT2D eigenvalue weighted by Crippen LogP contribution is 2.39. The summed E-state index contributed by atoms with van der Waals surface area (Å²) in [7, 11) is 0.